The van der Waals surface area contributed by atoms with Crippen molar-refractivity contribution in [2.24, 2.45) is 0 Å². The Balaban J connectivity index is 2.14. The molecular weight excluding hydrogens is 300 g/mol. The van der Waals surface area contributed by atoms with Crippen LogP contribution in [-0.2, 0) is 9.59 Å². The molecule has 0 saturated carbocycles. The number of fused-ring (bicyclic) bond motifs is 1. The number of halogens is 1. The van der Waals surface area contributed by atoms with E-state index in [4.69, 9.17) is 11.6 Å². The number of nitrogens with zero attached hydrogens (tertiary/aromatic N) is 3. The van der Waals surface area contributed by atoms with Crippen LogP contribution >= 0.6 is 22.9 Å². The third kappa shape index (κ3) is 2.12. The van der Waals surface area contributed by atoms with Gasteiger partial charge in [0.15, 0.2) is 0 Å². The van der Waals surface area contributed by atoms with Crippen molar-refractivity contribution in [3.63, 3.8) is 0 Å². The summed E-state index contributed by atoms with van der Waals surface area (Å²) in [6.45, 7) is 1.98. The maximum Gasteiger partial charge on any atom is 0.249 e. The van der Waals surface area contributed by atoms with Gasteiger partial charge in [0.05, 0.1) is 11.9 Å². The highest BCUT2D eigenvalue weighted by molar-refractivity contribution is 7.16. The van der Waals surface area contributed by atoms with Crippen molar-refractivity contribution in [1.29, 1.82) is 0 Å². The molecule has 0 spiro atoms. The second kappa shape index (κ2) is 4.99. The van der Waals surface area contributed by atoms with Crippen molar-refractivity contribution in [2.75, 3.05) is 11.4 Å². The molecular formula is C12H11ClN4O2S. The number of piperazine rings is 1. The lowest BCUT2D eigenvalue weighted by Crippen LogP contribution is -2.58. The first-order valence-corrected chi connectivity index (χ1v) is 7.37. The molecule has 2 amide bonds. The van der Waals surface area contributed by atoms with Gasteiger partial charge in [0.25, 0.3) is 0 Å². The minimum Gasteiger partial charge on any atom is -0.335 e. The van der Waals surface area contributed by atoms with E-state index in [0.717, 1.165) is 10.2 Å². The fraction of sp³-hybridized carbons (Fsp3) is 0.333. The van der Waals surface area contributed by atoms with Crippen molar-refractivity contribution < 1.29 is 9.59 Å². The average Bonchev–Trinajstić information content (AvgIpc) is 2.84. The molecule has 0 radical (unpaired) electrons. The van der Waals surface area contributed by atoms with Gasteiger partial charge in [-0.05, 0) is 29.5 Å². The first kappa shape index (κ1) is 13.3. The fourth-order valence-electron chi connectivity index (χ4n) is 2.33. The molecule has 6 nitrogen and oxygen atoms in total. The topological polar surface area (TPSA) is 75.2 Å². The molecule has 0 aliphatic carbocycles. The van der Waals surface area contributed by atoms with Gasteiger partial charge < -0.3 is 4.90 Å². The van der Waals surface area contributed by atoms with E-state index in [1.807, 2.05) is 18.4 Å². The molecule has 3 heterocycles. The van der Waals surface area contributed by atoms with Crippen molar-refractivity contribution in [2.45, 2.75) is 19.4 Å². The molecule has 1 saturated heterocycles. The second-order valence-electron chi connectivity index (χ2n) is 4.42. The Kier molecular flexibility index (Phi) is 3.31. The minimum absolute atomic E-state index is 0.0858. The van der Waals surface area contributed by atoms with Gasteiger partial charge in [0.1, 0.15) is 16.7 Å². The zero-order valence-electron chi connectivity index (χ0n) is 10.6. The summed E-state index contributed by atoms with van der Waals surface area (Å²) >= 11 is 7.38. The van der Waals surface area contributed by atoms with Gasteiger partial charge in [-0.2, -0.15) is 4.98 Å². The highest BCUT2D eigenvalue weighted by atomic mass is 35.5. The Hall–Kier alpha value is -1.73. The largest absolute Gasteiger partial charge is 0.335 e. The van der Waals surface area contributed by atoms with Crippen molar-refractivity contribution in [3.05, 3.63) is 16.7 Å². The molecule has 3 rings (SSSR count). The van der Waals surface area contributed by atoms with Crippen LogP contribution in [0.5, 0.6) is 0 Å². The number of anilines is 1. The van der Waals surface area contributed by atoms with Gasteiger partial charge in [-0.1, -0.05) is 6.92 Å². The number of nitrogens with one attached hydrogen (secondary N) is 1. The van der Waals surface area contributed by atoms with Crippen LogP contribution in [0.15, 0.2) is 11.4 Å². The SMILES string of the molecule is CCC1C(=O)NC(=O)CN1c1nc(Cl)nc2sccc12. The standard InChI is InChI=1S/C12H11ClN4O2S/c1-2-7-10(19)14-8(18)5-17(7)9-6-3-4-20-11(6)16-12(13)15-9/h3-4,7H,2,5H2,1H3,(H,14,18,19). The van der Waals surface area contributed by atoms with Gasteiger partial charge in [-0.25, -0.2) is 4.98 Å². The van der Waals surface area contributed by atoms with Gasteiger partial charge in [-0.3, -0.25) is 14.9 Å². The quantitative estimate of drug-likeness (QED) is 0.673. The van der Waals surface area contributed by atoms with E-state index in [2.05, 4.69) is 15.3 Å². The van der Waals surface area contributed by atoms with Crippen LogP contribution in [0.1, 0.15) is 13.3 Å². The Morgan fingerprint density at radius 2 is 2.30 bits per heavy atom. The first-order chi connectivity index (χ1) is 9.60. The van der Waals surface area contributed by atoms with Crippen LogP contribution in [-0.4, -0.2) is 34.4 Å². The zero-order valence-corrected chi connectivity index (χ0v) is 12.2. The first-order valence-electron chi connectivity index (χ1n) is 6.11. The summed E-state index contributed by atoms with van der Waals surface area (Å²) in [5.74, 6) is -0.101. The molecule has 1 fully saturated rings. The molecule has 1 N–H and O–H groups in total. The highest BCUT2D eigenvalue weighted by Crippen LogP contribution is 2.31. The third-order valence-electron chi connectivity index (χ3n) is 3.19. The number of hydrogen-bond acceptors (Lipinski definition) is 6. The van der Waals surface area contributed by atoms with Crippen LogP contribution < -0.4 is 10.2 Å². The lowest BCUT2D eigenvalue weighted by Gasteiger charge is -2.34. The monoisotopic (exact) mass is 310 g/mol. The zero-order chi connectivity index (χ0) is 14.3. The Bertz CT molecular complexity index is 702. The maximum absolute atomic E-state index is 11.9. The van der Waals surface area contributed by atoms with Crippen LogP contribution in [0.4, 0.5) is 5.82 Å². The summed E-state index contributed by atoms with van der Waals surface area (Å²) in [5.41, 5.74) is 0. The summed E-state index contributed by atoms with van der Waals surface area (Å²) in [6.07, 6.45) is 0.576. The summed E-state index contributed by atoms with van der Waals surface area (Å²) in [5, 5.41) is 5.14. The lowest BCUT2D eigenvalue weighted by molar-refractivity contribution is -0.132. The number of rotatable bonds is 2. The molecule has 2 aromatic rings. The average molecular weight is 311 g/mol. The number of hydrogen-bond donors (Lipinski definition) is 1. The minimum atomic E-state index is -0.429. The molecule has 8 heteroatoms. The van der Waals surface area contributed by atoms with E-state index in [9.17, 15) is 9.59 Å². The number of thiophene rings is 1. The second-order valence-corrected chi connectivity index (χ2v) is 5.65. The van der Waals surface area contributed by atoms with Crippen molar-refractivity contribution in [3.8, 4) is 0 Å². The van der Waals surface area contributed by atoms with Gasteiger partial charge in [0, 0.05) is 0 Å². The molecule has 1 aliphatic heterocycles. The summed E-state index contributed by atoms with van der Waals surface area (Å²) in [7, 11) is 0. The Morgan fingerprint density at radius 1 is 1.50 bits per heavy atom. The van der Waals surface area contributed by atoms with Crippen molar-refractivity contribution in [1.82, 2.24) is 15.3 Å². The van der Waals surface area contributed by atoms with Gasteiger partial charge in [0.2, 0.25) is 17.1 Å². The van der Waals surface area contributed by atoms with E-state index in [0.29, 0.717) is 12.2 Å². The number of carbonyl (C=O) groups is 2. The predicted octanol–water partition coefficient (Wildman–Crippen LogP) is 1.59. The van der Waals surface area contributed by atoms with Crippen molar-refractivity contribution >= 4 is 50.8 Å². The highest BCUT2D eigenvalue weighted by Gasteiger charge is 2.34. The third-order valence-corrected chi connectivity index (χ3v) is 4.17. The van der Waals surface area contributed by atoms with E-state index in [1.54, 1.807) is 4.90 Å². The fourth-order valence-corrected chi connectivity index (χ4v) is 3.30. The molecule has 0 aromatic carbocycles. The molecule has 1 atom stereocenters. The van der Waals surface area contributed by atoms with Crippen LogP contribution in [0.3, 0.4) is 0 Å². The predicted molar refractivity (Wildman–Crippen MR) is 77.0 cm³/mol. The molecule has 2 aromatic heterocycles. The molecule has 1 unspecified atom stereocenters. The van der Waals surface area contributed by atoms with Crippen LogP contribution in [0.25, 0.3) is 10.2 Å². The number of imide groups is 1. The Labute approximate surface area is 123 Å². The summed E-state index contributed by atoms with van der Waals surface area (Å²) in [4.78, 5) is 34.4. The normalized spacial score (nSPS) is 19.5. The maximum atomic E-state index is 11.9. The van der Waals surface area contributed by atoms with Crippen LogP contribution in [0.2, 0.25) is 5.28 Å². The van der Waals surface area contributed by atoms with E-state index < -0.39 is 6.04 Å². The Morgan fingerprint density at radius 3 is 3.05 bits per heavy atom. The molecule has 104 valence electrons. The molecule has 20 heavy (non-hydrogen) atoms. The number of amides is 2. The summed E-state index contributed by atoms with van der Waals surface area (Å²) < 4.78 is 0. The van der Waals surface area contributed by atoms with E-state index >= 15 is 0 Å². The smallest absolute Gasteiger partial charge is 0.249 e. The summed E-state index contributed by atoms with van der Waals surface area (Å²) in [6, 6.07) is 1.44. The number of carbonyl (C=O) groups excluding carboxylic acids is 2. The van der Waals surface area contributed by atoms with Crippen LogP contribution in [0, 0.1) is 0 Å². The molecule has 0 bridgehead atoms. The lowest BCUT2D eigenvalue weighted by atomic mass is 10.1. The molecule has 1 aliphatic rings. The van der Waals surface area contributed by atoms with Gasteiger partial charge in [-0.15, -0.1) is 11.3 Å². The van der Waals surface area contributed by atoms with Gasteiger partial charge >= 0.3 is 0 Å². The van der Waals surface area contributed by atoms with E-state index in [1.165, 1.54) is 11.3 Å². The van der Waals surface area contributed by atoms with E-state index in [-0.39, 0.29) is 23.6 Å². The number of aromatic nitrogens is 2.